The second-order valence-corrected chi connectivity index (χ2v) is 8.30. The normalized spacial score (nSPS) is 15.1. The van der Waals surface area contributed by atoms with E-state index in [9.17, 15) is 19.2 Å². The van der Waals surface area contributed by atoms with Crippen LogP contribution in [-0.4, -0.2) is 76.9 Å². The topological polar surface area (TPSA) is 119 Å². The Morgan fingerprint density at radius 1 is 1.06 bits per heavy atom. The maximum absolute atomic E-state index is 13.2. The van der Waals surface area contributed by atoms with Gasteiger partial charge in [0.25, 0.3) is 0 Å². The van der Waals surface area contributed by atoms with Gasteiger partial charge in [-0.2, -0.15) is 0 Å². The predicted molar refractivity (Wildman–Crippen MR) is 137 cm³/mol. The highest BCUT2D eigenvalue weighted by molar-refractivity contribution is 5.82. The Kier molecular flexibility index (Phi) is 11.4. The van der Waals surface area contributed by atoms with E-state index in [0.29, 0.717) is 32.5 Å². The van der Waals surface area contributed by atoms with E-state index in [4.69, 9.17) is 0 Å². The quantitative estimate of drug-likeness (QED) is 0.405. The Morgan fingerprint density at radius 3 is 2.11 bits per heavy atom. The van der Waals surface area contributed by atoms with Gasteiger partial charge in [-0.1, -0.05) is 74.5 Å². The minimum Gasteiger partial charge on any atom is -0.370 e. The molecule has 36 heavy (non-hydrogen) atoms. The minimum atomic E-state index is -0.598. The zero-order valence-electron chi connectivity index (χ0n) is 21.2. The number of nitrogens with zero attached hydrogens (tertiary/aromatic N) is 4. The number of carbonyl (C=O) groups is 4. The third kappa shape index (κ3) is 8.38. The molecule has 1 heterocycles. The summed E-state index contributed by atoms with van der Waals surface area (Å²) in [6.45, 7) is 5.18. The summed E-state index contributed by atoms with van der Waals surface area (Å²) < 4.78 is 0. The van der Waals surface area contributed by atoms with Crippen molar-refractivity contribution in [3.05, 3.63) is 71.8 Å². The molecule has 0 spiro atoms. The number of nitrogens with one attached hydrogen (secondary N) is 1. The van der Waals surface area contributed by atoms with Gasteiger partial charge in [-0.3, -0.25) is 14.4 Å². The smallest absolute Gasteiger partial charge is 0.334 e. The lowest BCUT2D eigenvalue weighted by molar-refractivity contribution is -0.156. The van der Waals surface area contributed by atoms with Crippen molar-refractivity contribution in [1.29, 1.82) is 0 Å². The van der Waals surface area contributed by atoms with Crippen LogP contribution in [0, 0.1) is 0 Å². The molecule has 1 atom stereocenters. The van der Waals surface area contributed by atoms with Crippen molar-refractivity contribution in [2.75, 3.05) is 26.7 Å². The lowest BCUT2D eigenvalue weighted by Gasteiger charge is -2.46. The summed E-state index contributed by atoms with van der Waals surface area (Å²) in [7, 11) is 1.79. The van der Waals surface area contributed by atoms with E-state index in [1.165, 1.54) is 9.91 Å². The number of benzene rings is 2. The van der Waals surface area contributed by atoms with E-state index in [-0.39, 0.29) is 30.9 Å². The fraction of sp³-hybridized carbons (Fsp3) is 0.385. The Hall–Kier alpha value is -3.92. The first-order valence-corrected chi connectivity index (χ1v) is 11.9. The molecule has 3 rings (SSSR count). The Balaban J connectivity index is 0.000000830. The van der Waals surface area contributed by atoms with Crippen LogP contribution in [0.25, 0.3) is 0 Å². The molecule has 1 aliphatic heterocycles. The largest absolute Gasteiger partial charge is 0.370 e. The number of piperazine rings is 1. The molecule has 10 nitrogen and oxygen atoms in total. The van der Waals surface area contributed by atoms with Gasteiger partial charge in [0.15, 0.2) is 0 Å². The fourth-order valence-corrected chi connectivity index (χ4v) is 3.57. The van der Waals surface area contributed by atoms with Gasteiger partial charge in [-0.25, -0.2) is 14.8 Å². The molecule has 2 aromatic carbocycles. The second kappa shape index (κ2) is 14.5. The van der Waals surface area contributed by atoms with E-state index in [1.54, 1.807) is 23.9 Å². The van der Waals surface area contributed by atoms with Crippen LogP contribution in [0.5, 0.6) is 0 Å². The average Bonchev–Trinajstić information content (AvgIpc) is 2.90. The number of primary amides is 1. The monoisotopic (exact) mass is 496 g/mol. The zero-order valence-corrected chi connectivity index (χ0v) is 21.2. The number of amides is 5. The summed E-state index contributed by atoms with van der Waals surface area (Å²) >= 11 is 0. The number of hydrogen-bond acceptors (Lipinski definition) is 5. The number of carbonyl (C=O) groups excluding carboxylic acids is 4. The number of hydrazine groups is 1. The van der Waals surface area contributed by atoms with Crippen LogP contribution in [0.1, 0.15) is 31.4 Å². The van der Waals surface area contributed by atoms with Crippen LogP contribution in [0.4, 0.5) is 4.79 Å². The first kappa shape index (κ1) is 28.3. The van der Waals surface area contributed by atoms with Crippen LogP contribution < -0.4 is 11.1 Å². The lowest BCUT2D eigenvalue weighted by Crippen LogP contribution is -2.67. The molecule has 5 amide bonds. The summed E-state index contributed by atoms with van der Waals surface area (Å²) in [4.78, 5) is 50.2. The molecular formula is C26H36N6O4. The van der Waals surface area contributed by atoms with Gasteiger partial charge in [0, 0.05) is 33.1 Å². The van der Waals surface area contributed by atoms with Gasteiger partial charge in [-0.05, 0) is 11.1 Å². The van der Waals surface area contributed by atoms with E-state index < -0.39 is 6.17 Å². The molecule has 1 aliphatic rings. The van der Waals surface area contributed by atoms with E-state index in [1.807, 2.05) is 67.6 Å². The van der Waals surface area contributed by atoms with Crippen LogP contribution >= 0.6 is 0 Å². The van der Waals surface area contributed by atoms with Crippen molar-refractivity contribution in [3.63, 3.8) is 0 Å². The molecule has 1 saturated heterocycles. The van der Waals surface area contributed by atoms with E-state index >= 15 is 0 Å². The highest BCUT2D eigenvalue weighted by atomic mass is 16.2. The van der Waals surface area contributed by atoms with Crippen LogP contribution in [0.3, 0.4) is 0 Å². The van der Waals surface area contributed by atoms with Gasteiger partial charge >= 0.3 is 6.03 Å². The van der Waals surface area contributed by atoms with Crippen molar-refractivity contribution < 1.29 is 19.2 Å². The molecule has 0 radical (unpaired) electrons. The van der Waals surface area contributed by atoms with E-state index in [0.717, 1.165) is 11.1 Å². The molecule has 3 N–H and O–H groups in total. The summed E-state index contributed by atoms with van der Waals surface area (Å²) in [5, 5.41) is 6.22. The van der Waals surface area contributed by atoms with Crippen molar-refractivity contribution >= 4 is 24.3 Å². The molecule has 0 aromatic heterocycles. The third-order valence-electron chi connectivity index (χ3n) is 5.74. The fourth-order valence-electron chi connectivity index (χ4n) is 3.57. The molecule has 1 unspecified atom stereocenters. The predicted octanol–water partition coefficient (Wildman–Crippen LogP) is 1.77. The summed E-state index contributed by atoms with van der Waals surface area (Å²) in [6.07, 6.45) is 0.489. The van der Waals surface area contributed by atoms with Gasteiger partial charge in [0.05, 0.1) is 6.54 Å². The van der Waals surface area contributed by atoms with Crippen LogP contribution in [0.15, 0.2) is 60.7 Å². The van der Waals surface area contributed by atoms with Crippen molar-refractivity contribution in [3.8, 4) is 0 Å². The van der Waals surface area contributed by atoms with Gasteiger partial charge in [0.2, 0.25) is 18.2 Å². The maximum Gasteiger partial charge on any atom is 0.334 e. The highest BCUT2D eigenvalue weighted by Crippen LogP contribution is 2.18. The Labute approximate surface area is 212 Å². The lowest BCUT2D eigenvalue weighted by atomic mass is 10.1. The van der Waals surface area contributed by atoms with Gasteiger partial charge in [-0.15, -0.1) is 0 Å². The summed E-state index contributed by atoms with van der Waals surface area (Å²) in [6, 6.07) is 19.0. The second-order valence-electron chi connectivity index (χ2n) is 8.30. The zero-order chi connectivity index (χ0) is 26.5. The summed E-state index contributed by atoms with van der Waals surface area (Å²) in [5.74, 6) is -0.388. The maximum atomic E-state index is 13.2. The molecule has 0 saturated carbocycles. The SMILES string of the molecule is CCC(N)=O.CCN(C)N(C(=O)NCc1ccccc1)C1CN(Cc2ccccc2)C(=O)CN1C=O. The molecule has 1 fully saturated rings. The van der Waals surface area contributed by atoms with Crippen molar-refractivity contribution in [1.82, 2.24) is 25.1 Å². The minimum absolute atomic E-state index is 0.0684. The van der Waals surface area contributed by atoms with Crippen molar-refractivity contribution in [2.24, 2.45) is 5.73 Å². The Bertz CT molecular complexity index is 988. The Morgan fingerprint density at radius 2 is 1.61 bits per heavy atom. The van der Waals surface area contributed by atoms with Crippen molar-refractivity contribution in [2.45, 2.75) is 39.5 Å². The standard InChI is InChI=1S/C23H29N5O3.C3H7NO/c1-3-25(2)28(23(31)24-14-19-10-6-4-7-11-19)21-16-26(22(30)17-27(21)18-29)15-20-12-8-5-9-13-20;1-2-3(4)5/h4-13,18,21H,3,14-17H2,1-2H3,(H,24,31);2H2,1H3,(H2,4,5). The molecule has 0 aliphatic carbocycles. The average molecular weight is 497 g/mol. The first-order chi connectivity index (χ1) is 17.3. The molecule has 0 bridgehead atoms. The molecular weight excluding hydrogens is 460 g/mol. The molecule has 194 valence electrons. The number of urea groups is 1. The van der Waals surface area contributed by atoms with Crippen LogP contribution in [0.2, 0.25) is 0 Å². The van der Waals surface area contributed by atoms with Gasteiger partial charge < -0.3 is 20.9 Å². The first-order valence-electron chi connectivity index (χ1n) is 11.9. The molecule has 2 aromatic rings. The number of rotatable bonds is 9. The molecule has 10 heteroatoms. The van der Waals surface area contributed by atoms with Crippen LogP contribution in [-0.2, 0) is 27.5 Å². The van der Waals surface area contributed by atoms with Gasteiger partial charge in [0.1, 0.15) is 12.7 Å². The summed E-state index contributed by atoms with van der Waals surface area (Å²) in [5.41, 5.74) is 6.63. The number of nitrogens with two attached hydrogens (primary N) is 1. The van der Waals surface area contributed by atoms with E-state index in [2.05, 4.69) is 11.1 Å². The highest BCUT2D eigenvalue weighted by Gasteiger charge is 2.38. The third-order valence-corrected chi connectivity index (χ3v) is 5.74. The number of hydrogen-bond donors (Lipinski definition) is 2.